The lowest BCUT2D eigenvalue weighted by atomic mass is 9.91. The SMILES string of the molecule is CCS(=O)(=O)c1ccc(N(CCO)C2CCC2)cc1. The van der Waals surface area contributed by atoms with Gasteiger partial charge in [0.2, 0.25) is 0 Å². The lowest BCUT2D eigenvalue weighted by Crippen LogP contribution is -2.41. The van der Waals surface area contributed by atoms with Gasteiger partial charge in [-0.3, -0.25) is 0 Å². The van der Waals surface area contributed by atoms with Gasteiger partial charge in [-0.25, -0.2) is 8.42 Å². The summed E-state index contributed by atoms with van der Waals surface area (Å²) in [5, 5.41) is 9.15. The molecule has 1 aromatic carbocycles. The first kappa shape index (κ1) is 14.3. The second kappa shape index (κ2) is 5.92. The molecule has 0 heterocycles. The summed E-state index contributed by atoms with van der Waals surface area (Å²) in [6.45, 7) is 2.37. The molecule has 0 amide bonds. The van der Waals surface area contributed by atoms with Crippen molar-refractivity contribution in [2.45, 2.75) is 37.1 Å². The average molecular weight is 283 g/mol. The van der Waals surface area contributed by atoms with E-state index in [0.29, 0.717) is 17.5 Å². The van der Waals surface area contributed by atoms with Crippen molar-refractivity contribution in [3.05, 3.63) is 24.3 Å². The first-order valence-electron chi connectivity index (χ1n) is 6.79. The van der Waals surface area contributed by atoms with Crippen LogP contribution in [-0.2, 0) is 9.84 Å². The molecule has 1 saturated carbocycles. The van der Waals surface area contributed by atoms with Crippen molar-refractivity contribution in [3.63, 3.8) is 0 Å². The molecule has 4 nitrogen and oxygen atoms in total. The Morgan fingerprint density at radius 3 is 2.32 bits per heavy atom. The van der Waals surface area contributed by atoms with Crippen LogP contribution in [0.2, 0.25) is 0 Å². The molecule has 0 unspecified atom stereocenters. The molecule has 1 aliphatic rings. The van der Waals surface area contributed by atoms with Crippen LogP contribution in [0.5, 0.6) is 0 Å². The van der Waals surface area contributed by atoms with E-state index in [2.05, 4.69) is 4.90 Å². The first-order chi connectivity index (χ1) is 9.08. The Morgan fingerprint density at radius 1 is 1.26 bits per heavy atom. The molecular formula is C14H21NO3S. The predicted octanol–water partition coefficient (Wildman–Crippen LogP) is 1.83. The summed E-state index contributed by atoms with van der Waals surface area (Å²) in [5.41, 5.74) is 0.994. The number of benzene rings is 1. The van der Waals surface area contributed by atoms with Gasteiger partial charge in [-0.1, -0.05) is 6.92 Å². The Kier molecular flexibility index (Phi) is 4.47. The third kappa shape index (κ3) is 3.09. The van der Waals surface area contributed by atoms with E-state index in [-0.39, 0.29) is 12.4 Å². The minimum Gasteiger partial charge on any atom is -0.395 e. The van der Waals surface area contributed by atoms with E-state index >= 15 is 0 Å². The van der Waals surface area contributed by atoms with Crippen LogP contribution in [0.25, 0.3) is 0 Å². The topological polar surface area (TPSA) is 57.6 Å². The van der Waals surface area contributed by atoms with Crippen molar-refractivity contribution in [3.8, 4) is 0 Å². The Bertz CT molecular complexity index is 506. The number of aliphatic hydroxyl groups excluding tert-OH is 1. The minimum atomic E-state index is -3.13. The smallest absolute Gasteiger partial charge is 0.178 e. The number of aliphatic hydroxyl groups is 1. The van der Waals surface area contributed by atoms with E-state index in [0.717, 1.165) is 18.5 Å². The monoisotopic (exact) mass is 283 g/mol. The molecule has 0 aromatic heterocycles. The van der Waals surface area contributed by atoms with Gasteiger partial charge in [-0.15, -0.1) is 0 Å². The highest BCUT2D eigenvalue weighted by molar-refractivity contribution is 7.91. The second-order valence-electron chi connectivity index (χ2n) is 4.90. The van der Waals surface area contributed by atoms with Crippen LogP contribution < -0.4 is 4.90 Å². The highest BCUT2D eigenvalue weighted by Gasteiger charge is 2.25. The van der Waals surface area contributed by atoms with Gasteiger partial charge in [-0.05, 0) is 43.5 Å². The average Bonchev–Trinajstić information content (AvgIpc) is 2.36. The fraction of sp³-hybridized carbons (Fsp3) is 0.571. The van der Waals surface area contributed by atoms with Crippen LogP contribution >= 0.6 is 0 Å². The Labute approximate surface area is 115 Å². The van der Waals surface area contributed by atoms with Crippen LogP contribution in [-0.4, -0.2) is 38.5 Å². The molecule has 1 N–H and O–H groups in total. The number of hydrogen-bond donors (Lipinski definition) is 1. The summed E-state index contributed by atoms with van der Waals surface area (Å²) in [7, 11) is -3.13. The molecule has 2 rings (SSSR count). The summed E-state index contributed by atoms with van der Waals surface area (Å²) >= 11 is 0. The second-order valence-corrected chi connectivity index (χ2v) is 7.18. The summed E-state index contributed by atoms with van der Waals surface area (Å²) in [6.07, 6.45) is 3.53. The Balaban J connectivity index is 2.20. The van der Waals surface area contributed by atoms with E-state index in [4.69, 9.17) is 5.11 Å². The third-order valence-corrected chi connectivity index (χ3v) is 5.51. The van der Waals surface area contributed by atoms with Gasteiger partial charge in [0.1, 0.15) is 0 Å². The maximum atomic E-state index is 11.8. The predicted molar refractivity (Wildman–Crippen MR) is 76.2 cm³/mol. The van der Waals surface area contributed by atoms with Crippen molar-refractivity contribution in [2.24, 2.45) is 0 Å². The largest absolute Gasteiger partial charge is 0.395 e. The Hall–Kier alpha value is -1.07. The zero-order valence-electron chi connectivity index (χ0n) is 11.2. The number of sulfone groups is 1. The van der Waals surface area contributed by atoms with Gasteiger partial charge in [-0.2, -0.15) is 0 Å². The fourth-order valence-corrected chi connectivity index (χ4v) is 3.22. The fourth-order valence-electron chi connectivity index (χ4n) is 2.34. The summed E-state index contributed by atoms with van der Waals surface area (Å²) in [4.78, 5) is 2.54. The quantitative estimate of drug-likeness (QED) is 0.865. The molecule has 0 radical (unpaired) electrons. The summed E-state index contributed by atoms with van der Waals surface area (Å²) < 4.78 is 23.5. The normalized spacial score (nSPS) is 16.1. The first-order valence-corrected chi connectivity index (χ1v) is 8.44. The molecule has 106 valence electrons. The number of anilines is 1. The molecule has 1 fully saturated rings. The van der Waals surface area contributed by atoms with Crippen molar-refractivity contribution in [1.82, 2.24) is 0 Å². The van der Waals surface area contributed by atoms with Gasteiger partial charge < -0.3 is 10.0 Å². The highest BCUT2D eigenvalue weighted by atomic mass is 32.2. The van der Waals surface area contributed by atoms with E-state index in [9.17, 15) is 8.42 Å². The molecule has 1 aliphatic carbocycles. The van der Waals surface area contributed by atoms with Gasteiger partial charge in [0.15, 0.2) is 9.84 Å². The maximum absolute atomic E-state index is 11.8. The third-order valence-electron chi connectivity index (χ3n) is 3.76. The molecule has 5 heteroatoms. The van der Waals surface area contributed by atoms with Gasteiger partial charge in [0.25, 0.3) is 0 Å². The lowest BCUT2D eigenvalue weighted by molar-refractivity contribution is 0.283. The molecule has 19 heavy (non-hydrogen) atoms. The van der Waals surface area contributed by atoms with Crippen LogP contribution in [0.1, 0.15) is 26.2 Å². The molecule has 1 aromatic rings. The number of nitrogens with zero attached hydrogens (tertiary/aromatic N) is 1. The van der Waals surface area contributed by atoms with Crippen molar-refractivity contribution >= 4 is 15.5 Å². The van der Waals surface area contributed by atoms with Crippen LogP contribution in [0, 0.1) is 0 Å². The van der Waals surface area contributed by atoms with E-state index < -0.39 is 9.84 Å². The highest BCUT2D eigenvalue weighted by Crippen LogP contribution is 2.29. The molecule has 0 bridgehead atoms. The molecule has 0 saturated heterocycles. The zero-order valence-corrected chi connectivity index (χ0v) is 12.1. The molecule has 0 aliphatic heterocycles. The zero-order chi connectivity index (χ0) is 13.9. The number of rotatable bonds is 6. The van der Waals surface area contributed by atoms with Crippen LogP contribution in [0.4, 0.5) is 5.69 Å². The molecular weight excluding hydrogens is 262 g/mol. The van der Waals surface area contributed by atoms with E-state index in [1.165, 1.54) is 6.42 Å². The lowest BCUT2D eigenvalue weighted by Gasteiger charge is -2.39. The maximum Gasteiger partial charge on any atom is 0.178 e. The van der Waals surface area contributed by atoms with Gasteiger partial charge >= 0.3 is 0 Å². The summed E-state index contributed by atoms with van der Waals surface area (Å²) in [5.74, 6) is 0.120. The molecule has 0 spiro atoms. The minimum absolute atomic E-state index is 0.117. The standard InChI is InChI=1S/C14H21NO3S/c1-2-19(17,18)14-8-6-13(7-9-14)15(10-11-16)12-4-3-5-12/h6-9,12,16H,2-5,10-11H2,1H3. The Morgan fingerprint density at radius 2 is 1.89 bits per heavy atom. The molecule has 0 atom stereocenters. The van der Waals surface area contributed by atoms with Gasteiger partial charge in [0.05, 0.1) is 17.3 Å². The van der Waals surface area contributed by atoms with Gasteiger partial charge in [0, 0.05) is 18.3 Å². The van der Waals surface area contributed by atoms with Crippen molar-refractivity contribution in [2.75, 3.05) is 23.8 Å². The van der Waals surface area contributed by atoms with Crippen molar-refractivity contribution in [1.29, 1.82) is 0 Å². The number of hydrogen-bond acceptors (Lipinski definition) is 4. The van der Waals surface area contributed by atoms with E-state index in [1.807, 2.05) is 12.1 Å². The van der Waals surface area contributed by atoms with E-state index in [1.54, 1.807) is 19.1 Å². The van der Waals surface area contributed by atoms with Crippen LogP contribution in [0.3, 0.4) is 0 Å². The summed E-state index contributed by atoms with van der Waals surface area (Å²) in [6, 6.07) is 7.50. The van der Waals surface area contributed by atoms with Crippen LogP contribution in [0.15, 0.2) is 29.2 Å². The van der Waals surface area contributed by atoms with Crippen molar-refractivity contribution < 1.29 is 13.5 Å².